The van der Waals surface area contributed by atoms with E-state index >= 15 is 0 Å². The summed E-state index contributed by atoms with van der Waals surface area (Å²) >= 11 is 0. The Hall–Kier alpha value is -0.0800. The fraction of sp³-hybridized carbons (Fsp3) is 1.00. The third-order valence-corrected chi connectivity index (χ3v) is 4.44. The Bertz CT molecular complexity index is 163. The molecule has 0 radical (unpaired) electrons. The predicted octanol–water partition coefficient (Wildman–Crippen LogP) is 6.36. The van der Waals surface area contributed by atoms with Crippen molar-refractivity contribution < 1.29 is 0 Å². The summed E-state index contributed by atoms with van der Waals surface area (Å²) in [5.74, 6) is 0. The van der Waals surface area contributed by atoms with E-state index in [0.717, 1.165) is 13.1 Å². The van der Waals surface area contributed by atoms with E-state index in [9.17, 15) is 0 Å². The lowest BCUT2D eigenvalue weighted by Gasteiger charge is -2.07. The van der Waals surface area contributed by atoms with Gasteiger partial charge in [-0.05, 0) is 12.8 Å². The summed E-state index contributed by atoms with van der Waals surface area (Å²) in [5.41, 5.74) is 6.73. The molecule has 0 saturated carbocycles. The molecule has 0 spiro atoms. The number of hydrazine groups is 1. The minimum Gasteiger partial charge on any atom is -0.258 e. The first-order chi connectivity index (χ1) is 10.9. The molecule has 134 valence electrons. The molecule has 0 aliphatic carbocycles. The molecule has 0 saturated heterocycles. The molecule has 2 N–H and O–H groups in total. The average Bonchev–Trinajstić information content (AvgIpc) is 2.54. The molecule has 0 aromatic carbocycles. The topological polar surface area (TPSA) is 24.1 Å². The molecule has 0 aromatic rings. The van der Waals surface area contributed by atoms with Crippen molar-refractivity contribution in [3.8, 4) is 0 Å². The summed E-state index contributed by atoms with van der Waals surface area (Å²) in [5, 5.41) is 0. The average molecular weight is 313 g/mol. The van der Waals surface area contributed by atoms with Crippen molar-refractivity contribution in [2.24, 2.45) is 0 Å². The normalized spacial score (nSPS) is 11.2. The third-order valence-electron chi connectivity index (χ3n) is 4.44. The molecule has 2 heteroatoms. The van der Waals surface area contributed by atoms with Gasteiger partial charge in [-0.2, -0.15) is 0 Å². The fourth-order valence-electron chi connectivity index (χ4n) is 2.87. The van der Waals surface area contributed by atoms with Crippen LogP contribution in [0.25, 0.3) is 0 Å². The molecule has 0 atom stereocenters. The number of nitrogens with one attached hydrogen (secondary N) is 2. The summed E-state index contributed by atoms with van der Waals surface area (Å²) in [6, 6.07) is 0. The molecule has 0 unspecified atom stereocenters. The fourth-order valence-corrected chi connectivity index (χ4v) is 2.87. The van der Waals surface area contributed by atoms with Crippen LogP contribution in [0.2, 0.25) is 0 Å². The standard InChI is InChI=1S/C20H44N2/c1-3-5-7-9-11-13-15-17-19-21-22-20-18-16-14-12-10-8-6-4-2/h21-22H,3-20H2,1-2H3. The molecule has 0 bridgehead atoms. The van der Waals surface area contributed by atoms with Gasteiger partial charge in [-0.3, -0.25) is 10.9 Å². The van der Waals surface area contributed by atoms with Crippen LogP contribution >= 0.6 is 0 Å². The van der Waals surface area contributed by atoms with Crippen molar-refractivity contribution in [3.63, 3.8) is 0 Å². The second kappa shape index (κ2) is 20.9. The van der Waals surface area contributed by atoms with Gasteiger partial charge < -0.3 is 0 Å². The van der Waals surface area contributed by atoms with Gasteiger partial charge in [0.05, 0.1) is 0 Å². The van der Waals surface area contributed by atoms with Gasteiger partial charge in [0.15, 0.2) is 0 Å². The highest BCUT2D eigenvalue weighted by Crippen LogP contribution is 2.08. The Morgan fingerprint density at radius 2 is 0.636 bits per heavy atom. The summed E-state index contributed by atoms with van der Waals surface area (Å²) in [6.07, 6.45) is 22.4. The third kappa shape index (κ3) is 19.9. The van der Waals surface area contributed by atoms with Crippen LogP contribution in [0.4, 0.5) is 0 Å². The van der Waals surface area contributed by atoms with Crippen LogP contribution in [0, 0.1) is 0 Å². The molecule has 0 fully saturated rings. The maximum atomic E-state index is 3.37. The van der Waals surface area contributed by atoms with Crippen LogP contribution in [0.15, 0.2) is 0 Å². The van der Waals surface area contributed by atoms with Gasteiger partial charge in [0.25, 0.3) is 0 Å². The zero-order chi connectivity index (χ0) is 16.1. The molecule has 0 aliphatic heterocycles. The number of hydrogen-bond acceptors (Lipinski definition) is 2. The summed E-state index contributed by atoms with van der Waals surface area (Å²) in [4.78, 5) is 0. The molecule has 0 amide bonds. The first-order valence-corrected chi connectivity index (χ1v) is 10.4. The Balaban J connectivity index is 2.91. The van der Waals surface area contributed by atoms with Gasteiger partial charge in [0.2, 0.25) is 0 Å². The lowest BCUT2D eigenvalue weighted by molar-refractivity contribution is 0.478. The van der Waals surface area contributed by atoms with Gasteiger partial charge in [-0.15, -0.1) is 0 Å². The van der Waals surface area contributed by atoms with E-state index in [2.05, 4.69) is 24.7 Å². The van der Waals surface area contributed by atoms with Crippen LogP contribution in [0.1, 0.15) is 117 Å². The Morgan fingerprint density at radius 3 is 0.955 bits per heavy atom. The van der Waals surface area contributed by atoms with Crippen molar-refractivity contribution in [1.82, 2.24) is 10.9 Å². The second-order valence-corrected chi connectivity index (χ2v) is 6.80. The van der Waals surface area contributed by atoms with E-state index in [4.69, 9.17) is 0 Å². The van der Waals surface area contributed by atoms with E-state index in [1.807, 2.05) is 0 Å². The molecular formula is C20H44N2. The summed E-state index contributed by atoms with van der Waals surface area (Å²) in [6.45, 7) is 6.83. The number of rotatable bonds is 19. The van der Waals surface area contributed by atoms with Crippen LogP contribution in [0.3, 0.4) is 0 Å². The van der Waals surface area contributed by atoms with Crippen LogP contribution in [0.5, 0.6) is 0 Å². The second-order valence-electron chi connectivity index (χ2n) is 6.80. The highest BCUT2D eigenvalue weighted by Gasteiger charge is 1.93. The van der Waals surface area contributed by atoms with Crippen LogP contribution in [-0.2, 0) is 0 Å². The highest BCUT2D eigenvalue weighted by atomic mass is 15.3. The first-order valence-electron chi connectivity index (χ1n) is 10.4. The molecule has 2 nitrogen and oxygen atoms in total. The monoisotopic (exact) mass is 312 g/mol. The van der Waals surface area contributed by atoms with Gasteiger partial charge in [0, 0.05) is 13.1 Å². The Morgan fingerprint density at radius 1 is 0.364 bits per heavy atom. The van der Waals surface area contributed by atoms with Crippen molar-refractivity contribution in [1.29, 1.82) is 0 Å². The lowest BCUT2D eigenvalue weighted by atomic mass is 10.1. The zero-order valence-corrected chi connectivity index (χ0v) is 15.7. The van der Waals surface area contributed by atoms with Crippen molar-refractivity contribution in [2.75, 3.05) is 13.1 Å². The minimum atomic E-state index is 1.13. The van der Waals surface area contributed by atoms with Gasteiger partial charge in [-0.1, -0.05) is 104 Å². The van der Waals surface area contributed by atoms with Crippen LogP contribution in [-0.4, -0.2) is 13.1 Å². The number of hydrogen-bond donors (Lipinski definition) is 2. The van der Waals surface area contributed by atoms with Gasteiger partial charge >= 0.3 is 0 Å². The largest absolute Gasteiger partial charge is 0.258 e. The van der Waals surface area contributed by atoms with E-state index in [0.29, 0.717) is 0 Å². The van der Waals surface area contributed by atoms with E-state index < -0.39 is 0 Å². The van der Waals surface area contributed by atoms with Crippen LogP contribution < -0.4 is 10.9 Å². The maximum Gasteiger partial charge on any atom is 0.00997 e. The zero-order valence-electron chi connectivity index (χ0n) is 15.7. The summed E-state index contributed by atoms with van der Waals surface area (Å²) < 4.78 is 0. The van der Waals surface area contributed by atoms with E-state index in [1.165, 1.54) is 103 Å². The predicted molar refractivity (Wildman–Crippen MR) is 101 cm³/mol. The molecule has 22 heavy (non-hydrogen) atoms. The molecule has 0 rings (SSSR count). The number of unbranched alkanes of at least 4 members (excludes halogenated alkanes) is 14. The maximum absolute atomic E-state index is 3.37. The molecule has 0 heterocycles. The van der Waals surface area contributed by atoms with E-state index in [-0.39, 0.29) is 0 Å². The van der Waals surface area contributed by atoms with E-state index in [1.54, 1.807) is 0 Å². The quantitative estimate of drug-likeness (QED) is 0.214. The lowest BCUT2D eigenvalue weighted by Crippen LogP contribution is -2.33. The van der Waals surface area contributed by atoms with Gasteiger partial charge in [0.1, 0.15) is 0 Å². The smallest absolute Gasteiger partial charge is 0.00997 e. The Labute approximate surface area is 141 Å². The minimum absolute atomic E-state index is 1.13. The SMILES string of the molecule is CCCCCCCCCCNNCCCCCCCCCC. The van der Waals surface area contributed by atoms with Crippen molar-refractivity contribution >= 4 is 0 Å². The van der Waals surface area contributed by atoms with Crippen molar-refractivity contribution in [3.05, 3.63) is 0 Å². The van der Waals surface area contributed by atoms with Gasteiger partial charge in [-0.25, -0.2) is 0 Å². The molecular weight excluding hydrogens is 268 g/mol. The summed E-state index contributed by atoms with van der Waals surface area (Å²) in [7, 11) is 0. The molecule has 0 aromatic heterocycles. The van der Waals surface area contributed by atoms with Crippen molar-refractivity contribution in [2.45, 2.75) is 117 Å². The highest BCUT2D eigenvalue weighted by molar-refractivity contribution is 4.50. The molecule has 0 aliphatic rings. The first kappa shape index (κ1) is 21.9. The Kier molecular flexibility index (Phi) is 20.8.